The summed E-state index contributed by atoms with van der Waals surface area (Å²) < 4.78 is 1.62. The minimum atomic E-state index is -0.882. The first-order chi connectivity index (χ1) is 8.49. The van der Waals surface area contributed by atoms with Gasteiger partial charge in [-0.2, -0.15) is 0 Å². The van der Waals surface area contributed by atoms with E-state index in [1.54, 1.807) is 11.6 Å². The molecule has 0 radical (unpaired) electrons. The van der Waals surface area contributed by atoms with Crippen LogP contribution in [0.2, 0.25) is 0 Å². The monoisotopic (exact) mass is 245 g/mol. The first-order valence-corrected chi connectivity index (χ1v) is 5.69. The van der Waals surface area contributed by atoms with E-state index in [9.17, 15) is 4.79 Å². The summed E-state index contributed by atoms with van der Waals surface area (Å²) in [7, 11) is 0. The number of hydrogen-bond donors (Lipinski definition) is 1. The Morgan fingerprint density at radius 2 is 2.06 bits per heavy atom. The molecule has 0 fully saturated rings. The van der Waals surface area contributed by atoms with Crippen molar-refractivity contribution in [3.8, 4) is 5.69 Å². The molecule has 0 atom stereocenters. The molecule has 0 bridgehead atoms. The van der Waals surface area contributed by atoms with Crippen molar-refractivity contribution in [2.24, 2.45) is 0 Å². The van der Waals surface area contributed by atoms with Crippen molar-refractivity contribution in [3.63, 3.8) is 0 Å². The lowest BCUT2D eigenvalue weighted by molar-refractivity contribution is -0.136. The second kappa shape index (κ2) is 4.60. The summed E-state index contributed by atoms with van der Waals surface area (Å²) in [6.07, 6.45) is -0.0772. The minimum Gasteiger partial charge on any atom is -0.481 e. The van der Waals surface area contributed by atoms with E-state index >= 15 is 0 Å². The summed E-state index contributed by atoms with van der Waals surface area (Å²) in [6.45, 7) is 5.73. The predicted octanol–water partition coefficient (Wildman–Crippen LogP) is 1.82. The molecule has 2 aromatic rings. The maximum Gasteiger partial charge on any atom is 0.309 e. The van der Waals surface area contributed by atoms with Crippen molar-refractivity contribution in [1.29, 1.82) is 0 Å². The Labute approximate surface area is 105 Å². The van der Waals surface area contributed by atoms with Crippen LogP contribution < -0.4 is 0 Å². The fourth-order valence-electron chi connectivity index (χ4n) is 1.86. The predicted molar refractivity (Wildman–Crippen MR) is 66.9 cm³/mol. The molecule has 0 amide bonds. The number of aromatic nitrogens is 3. The standard InChI is InChI=1S/C13H15N3O2/c1-8-4-5-9(2)11(6-8)16-12(7-13(17)18)10(3)14-15-16/h4-6H,7H2,1-3H3,(H,17,18). The smallest absolute Gasteiger partial charge is 0.309 e. The molecule has 2 rings (SSSR count). The van der Waals surface area contributed by atoms with E-state index in [4.69, 9.17) is 5.11 Å². The summed E-state index contributed by atoms with van der Waals surface area (Å²) in [5, 5.41) is 16.9. The lowest BCUT2D eigenvalue weighted by atomic mass is 10.1. The zero-order valence-electron chi connectivity index (χ0n) is 10.6. The average molecular weight is 245 g/mol. The summed E-state index contributed by atoms with van der Waals surface area (Å²) in [4.78, 5) is 10.9. The van der Waals surface area contributed by atoms with Crippen molar-refractivity contribution in [2.75, 3.05) is 0 Å². The zero-order valence-corrected chi connectivity index (χ0v) is 10.6. The first-order valence-electron chi connectivity index (χ1n) is 5.69. The number of benzene rings is 1. The van der Waals surface area contributed by atoms with Crippen molar-refractivity contribution in [1.82, 2.24) is 15.0 Å². The summed E-state index contributed by atoms with van der Waals surface area (Å²) in [6, 6.07) is 5.99. The normalized spacial score (nSPS) is 10.6. The van der Waals surface area contributed by atoms with Gasteiger partial charge in [0, 0.05) is 0 Å². The van der Waals surface area contributed by atoms with Crippen LogP contribution in [0.1, 0.15) is 22.5 Å². The highest BCUT2D eigenvalue weighted by molar-refractivity contribution is 5.70. The van der Waals surface area contributed by atoms with E-state index in [1.807, 2.05) is 32.0 Å². The second-order valence-electron chi connectivity index (χ2n) is 4.39. The van der Waals surface area contributed by atoms with E-state index in [1.165, 1.54) is 0 Å². The highest BCUT2D eigenvalue weighted by atomic mass is 16.4. The van der Waals surface area contributed by atoms with E-state index in [2.05, 4.69) is 10.3 Å². The van der Waals surface area contributed by atoms with Gasteiger partial charge in [-0.25, -0.2) is 4.68 Å². The van der Waals surface area contributed by atoms with Crippen LogP contribution >= 0.6 is 0 Å². The molecule has 94 valence electrons. The van der Waals surface area contributed by atoms with Gasteiger partial charge in [-0.05, 0) is 38.0 Å². The van der Waals surface area contributed by atoms with Crippen LogP contribution in [-0.4, -0.2) is 26.1 Å². The van der Waals surface area contributed by atoms with Gasteiger partial charge in [0.1, 0.15) is 0 Å². The Morgan fingerprint density at radius 1 is 1.33 bits per heavy atom. The molecular weight excluding hydrogens is 230 g/mol. The van der Waals surface area contributed by atoms with Gasteiger partial charge in [-0.1, -0.05) is 17.3 Å². The molecule has 0 aliphatic heterocycles. The fourth-order valence-corrected chi connectivity index (χ4v) is 1.86. The number of carbonyl (C=O) groups is 1. The number of carboxylic acids is 1. The SMILES string of the molecule is Cc1ccc(C)c(-n2nnc(C)c2CC(=O)O)c1. The van der Waals surface area contributed by atoms with Gasteiger partial charge in [0.2, 0.25) is 0 Å². The van der Waals surface area contributed by atoms with Crippen LogP contribution in [0.4, 0.5) is 0 Å². The van der Waals surface area contributed by atoms with Crippen LogP contribution in [0, 0.1) is 20.8 Å². The lowest BCUT2D eigenvalue weighted by Crippen LogP contribution is -2.10. The minimum absolute atomic E-state index is 0.0772. The van der Waals surface area contributed by atoms with Gasteiger partial charge in [-0.15, -0.1) is 5.10 Å². The van der Waals surface area contributed by atoms with Crippen molar-refractivity contribution >= 4 is 5.97 Å². The Morgan fingerprint density at radius 3 is 2.72 bits per heavy atom. The Hall–Kier alpha value is -2.17. The quantitative estimate of drug-likeness (QED) is 0.895. The van der Waals surface area contributed by atoms with Gasteiger partial charge in [0.15, 0.2) is 0 Å². The molecule has 0 saturated carbocycles. The van der Waals surface area contributed by atoms with Crippen molar-refractivity contribution in [3.05, 3.63) is 40.7 Å². The molecule has 1 heterocycles. The Kier molecular flexibility index (Phi) is 3.14. The van der Waals surface area contributed by atoms with Crippen LogP contribution in [0.15, 0.2) is 18.2 Å². The van der Waals surface area contributed by atoms with Gasteiger partial charge in [0.05, 0.1) is 23.5 Å². The molecule has 5 nitrogen and oxygen atoms in total. The average Bonchev–Trinajstić information content (AvgIpc) is 2.64. The third kappa shape index (κ3) is 2.25. The number of nitrogens with zero attached hydrogens (tertiary/aromatic N) is 3. The van der Waals surface area contributed by atoms with Gasteiger partial charge in [-0.3, -0.25) is 4.79 Å². The lowest BCUT2D eigenvalue weighted by Gasteiger charge is -2.09. The molecule has 18 heavy (non-hydrogen) atoms. The molecule has 1 aromatic heterocycles. The number of carboxylic acid groups (broad SMARTS) is 1. The Balaban J connectivity index is 2.57. The molecule has 5 heteroatoms. The third-order valence-electron chi connectivity index (χ3n) is 2.87. The van der Waals surface area contributed by atoms with Crippen LogP contribution in [-0.2, 0) is 11.2 Å². The molecule has 0 aliphatic carbocycles. The molecule has 0 unspecified atom stereocenters. The molecule has 1 aromatic carbocycles. The highest BCUT2D eigenvalue weighted by Gasteiger charge is 2.15. The van der Waals surface area contributed by atoms with Gasteiger partial charge >= 0.3 is 5.97 Å². The molecule has 0 aliphatic rings. The van der Waals surface area contributed by atoms with Crippen LogP contribution in [0.5, 0.6) is 0 Å². The second-order valence-corrected chi connectivity index (χ2v) is 4.39. The van der Waals surface area contributed by atoms with E-state index in [0.29, 0.717) is 11.4 Å². The molecule has 1 N–H and O–H groups in total. The maximum atomic E-state index is 10.9. The van der Waals surface area contributed by atoms with Gasteiger partial charge < -0.3 is 5.11 Å². The number of aryl methyl sites for hydroxylation is 3. The van der Waals surface area contributed by atoms with Crippen LogP contribution in [0.25, 0.3) is 5.69 Å². The van der Waals surface area contributed by atoms with Crippen molar-refractivity contribution in [2.45, 2.75) is 27.2 Å². The van der Waals surface area contributed by atoms with E-state index in [0.717, 1.165) is 16.8 Å². The molecular formula is C13H15N3O2. The zero-order chi connectivity index (χ0) is 13.3. The highest BCUT2D eigenvalue weighted by Crippen LogP contribution is 2.18. The van der Waals surface area contributed by atoms with Crippen molar-refractivity contribution < 1.29 is 9.90 Å². The largest absolute Gasteiger partial charge is 0.481 e. The fraction of sp³-hybridized carbons (Fsp3) is 0.308. The Bertz CT molecular complexity index is 602. The summed E-state index contributed by atoms with van der Waals surface area (Å²) >= 11 is 0. The van der Waals surface area contributed by atoms with E-state index in [-0.39, 0.29) is 6.42 Å². The van der Waals surface area contributed by atoms with Crippen LogP contribution in [0.3, 0.4) is 0 Å². The first kappa shape index (κ1) is 12.3. The number of aliphatic carboxylic acids is 1. The summed E-state index contributed by atoms with van der Waals surface area (Å²) in [5.74, 6) is -0.882. The third-order valence-corrected chi connectivity index (χ3v) is 2.87. The number of rotatable bonds is 3. The van der Waals surface area contributed by atoms with E-state index < -0.39 is 5.97 Å². The molecule has 0 spiro atoms. The topological polar surface area (TPSA) is 68.0 Å². The summed E-state index contributed by atoms with van der Waals surface area (Å²) in [5.41, 5.74) is 4.29. The maximum absolute atomic E-state index is 10.9. The van der Waals surface area contributed by atoms with Gasteiger partial charge in [0.25, 0.3) is 0 Å². The molecule has 0 saturated heterocycles. The number of hydrogen-bond acceptors (Lipinski definition) is 3.